The Labute approximate surface area is 226 Å². The Morgan fingerprint density at radius 1 is 1.16 bits per heavy atom. The number of sulfonamides is 1. The van der Waals surface area contributed by atoms with Crippen LogP contribution in [0.5, 0.6) is 0 Å². The maximum atomic E-state index is 13.6. The number of rotatable bonds is 12. The van der Waals surface area contributed by atoms with E-state index < -0.39 is 39.3 Å². The first-order valence-corrected chi connectivity index (χ1v) is 14.1. The van der Waals surface area contributed by atoms with Gasteiger partial charge in [0, 0.05) is 40.8 Å². The maximum absolute atomic E-state index is 13.6. The minimum Gasteiger partial charge on any atom is -0.354 e. The number of nitro groups is 1. The second kappa shape index (κ2) is 13.1. The molecule has 0 fully saturated rings. The van der Waals surface area contributed by atoms with Crippen molar-refractivity contribution in [2.45, 2.75) is 46.2 Å². The highest BCUT2D eigenvalue weighted by atomic mass is 35.5. The van der Waals surface area contributed by atoms with E-state index in [-0.39, 0.29) is 28.0 Å². The van der Waals surface area contributed by atoms with Crippen molar-refractivity contribution < 1.29 is 22.9 Å². The third-order valence-electron chi connectivity index (χ3n) is 5.74. The van der Waals surface area contributed by atoms with Crippen molar-refractivity contribution in [3.8, 4) is 0 Å². The number of amides is 2. The lowest BCUT2D eigenvalue weighted by molar-refractivity contribution is -0.384. The SMILES string of the molecule is CCCCNC(=O)C(C)N(Cc1c(Cl)cccc1Cl)C(=O)CN(c1cc([N+](=O)[O-])ccc1C)S(C)(=O)=O. The van der Waals surface area contributed by atoms with Gasteiger partial charge in [0.1, 0.15) is 12.6 Å². The highest BCUT2D eigenvalue weighted by molar-refractivity contribution is 7.92. The summed E-state index contributed by atoms with van der Waals surface area (Å²) in [6, 6.07) is 7.57. The van der Waals surface area contributed by atoms with Crippen molar-refractivity contribution >= 4 is 56.4 Å². The van der Waals surface area contributed by atoms with E-state index in [2.05, 4.69) is 5.32 Å². The number of nitro benzene ring substituents is 1. The van der Waals surface area contributed by atoms with Crippen LogP contribution in [0, 0.1) is 17.0 Å². The fourth-order valence-electron chi connectivity index (χ4n) is 3.55. The van der Waals surface area contributed by atoms with E-state index in [1.165, 1.54) is 24.0 Å². The lowest BCUT2D eigenvalue weighted by atomic mass is 10.1. The van der Waals surface area contributed by atoms with Gasteiger partial charge in [-0.1, -0.05) is 48.7 Å². The number of benzene rings is 2. The maximum Gasteiger partial charge on any atom is 0.271 e. The predicted octanol–water partition coefficient (Wildman–Crippen LogP) is 4.31. The molecule has 0 aliphatic carbocycles. The standard InChI is InChI=1S/C24H30Cl2N4O6S/c1-5-6-12-27-24(32)17(3)28(14-19-20(25)8-7-9-21(19)26)23(31)15-29(37(4,35)36)22-13-18(30(33)34)11-10-16(22)2/h7-11,13,17H,5-6,12,14-15H2,1-4H3,(H,27,32). The molecule has 0 heterocycles. The van der Waals surface area contributed by atoms with Crippen LogP contribution in [-0.4, -0.2) is 55.4 Å². The van der Waals surface area contributed by atoms with E-state index in [9.17, 15) is 28.1 Å². The van der Waals surface area contributed by atoms with Crippen LogP contribution in [0.25, 0.3) is 0 Å². The fourth-order valence-corrected chi connectivity index (χ4v) is 4.96. The highest BCUT2D eigenvalue weighted by Gasteiger charge is 2.31. The van der Waals surface area contributed by atoms with Gasteiger partial charge in [-0.25, -0.2) is 8.42 Å². The summed E-state index contributed by atoms with van der Waals surface area (Å²) in [6.45, 7) is 4.62. The summed E-state index contributed by atoms with van der Waals surface area (Å²) < 4.78 is 26.3. The number of nitrogens with one attached hydrogen (secondary N) is 1. The van der Waals surface area contributed by atoms with Crippen LogP contribution in [0.2, 0.25) is 10.0 Å². The van der Waals surface area contributed by atoms with Gasteiger partial charge >= 0.3 is 0 Å². The first-order chi connectivity index (χ1) is 17.3. The predicted molar refractivity (Wildman–Crippen MR) is 144 cm³/mol. The number of unbranched alkanes of at least 4 members (excludes halogenated alkanes) is 1. The van der Waals surface area contributed by atoms with Crippen molar-refractivity contribution in [2.75, 3.05) is 23.7 Å². The number of hydrogen-bond donors (Lipinski definition) is 1. The first-order valence-electron chi connectivity index (χ1n) is 11.5. The average molecular weight is 573 g/mol. The topological polar surface area (TPSA) is 130 Å². The van der Waals surface area contributed by atoms with E-state index in [1.807, 2.05) is 6.92 Å². The molecule has 1 unspecified atom stereocenters. The van der Waals surface area contributed by atoms with Crippen LogP contribution < -0.4 is 9.62 Å². The summed E-state index contributed by atoms with van der Waals surface area (Å²) in [6.07, 6.45) is 2.50. The van der Waals surface area contributed by atoms with E-state index in [1.54, 1.807) is 25.1 Å². The molecule has 0 saturated heterocycles. The molecule has 2 aromatic rings. The van der Waals surface area contributed by atoms with Crippen LogP contribution in [0.4, 0.5) is 11.4 Å². The van der Waals surface area contributed by atoms with Gasteiger partial charge in [0.05, 0.1) is 16.9 Å². The Morgan fingerprint density at radius 2 is 1.78 bits per heavy atom. The largest absolute Gasteiger partial charge is 0.354 e. The number of carbonyl (C=O) groups is 2. The molecule has 0 spiro atoms. The van der Waals surface area contributed by atoms with Gasteiger partial charge in [0.15, 0.2) is 0 Å². The van der Waals surface area contributed by atoms with E-state index in [4.69, 9.17) is 23.2 Å². The Kier molecular flexibility index (Phi) is 10.7. The number of halogens is 2. The van der Waals surface area contributed by atoms with Crippen molar-refractivity contribution in [3.63, 3.8) is 0 Å². The molecule has 0 aliphatic rings. The minimum atomic E-state index is -4.05. The van der Waals surface area contributed by atoms with Crippen LogP contribution >= 0.6 is 23.2 Å². The smallest absolute Gasteiger partial charge is 0.271 e. The van der Waals surface area contributed by atoms with Crippen LogP contribution in [0.3, 0.4) is 0 Å². The molecule has 2 rings (SSSR count). The summed E-state index contributed by atoms with van der Waals surface area (Å²) in [7, 11) is -4.05. The summed E-state index contributed by atoms with van der Waals surface area (Å²) in [5, 5.41) is 14.6. The lowest BCUT2D eigenvalue weighted by Gasteiger charge is -2.32. The molecule has 0 aromatic heterocycles. The molecule has 0 saturated carbocycles. The zero-order valence-corrected chi connectivity index (χ0v) is 23.4. The second-order valence-corrected chi connectivity index (χ2v) is 11.3. The van der Waals surface area contributed by atoms with Crippen molar-refractivity contribution in [2.24, 2.45) is 0 Å². The number of non-ortho nitro benzene ring substituents is 1. The number of carbonyl (C=O) groups excluding carboxylic acids is 2. The van der Waals surface area contributed by atoms with Crippen molar-refractivity contribution in [3.05, 3.63) is 67.7 Å². The zero-order valence-electron chi connectivity index (χ0n) is 21.0. The molecule has 202 valence electrons. The Hall–Kier alpha value is -2.89. The molecule has 13 heteroatoms. The number of aryl methyl sites for hydroxylation is 1. The average Bonchev–Trinajstić information content (AvgIpc) is 2.81. The molecule has 2 aromatic carbocycles. The van der Waals surface area contributed by atoms with E-state index in [0.29, 0.717) is 17.7 Å². The van der Waals surface area contributed by atoms with E-state index >= 15 is 0 Å². The molecule has 1 atom stereocenters. The van der Waals surface area contributed by atoms with Gasteiger partial charge in [-0.15, -0.1) is 0 Å². The van der Waals surface area contributed by atoms with Crippen LogP contribution in [0.1, 0.15) is 37.8 Å². The summed E-state index contributed by atoms with van der Waals surface area (Å²) in [4.78, 5) is 38.3. The molecule has 2 amide bonds. The Bertz CT molecular complexity index is 1250. The van der Waals surface area contributed by atoms with Gasteiger partial charge in [-0.05, 0) is 38.0 Å². The molecule has 0 bridgehead atoms. The van der Waals surface area contributed by atoms with Gasteiger partial charge in [-0.2, -0.15) is 0 Å². The minimum absolute atomic E-state index is 0.0131. The zero-order chi connectivity index (χ0) is 27.9. The summed E-state index contributed by atoms with van der Waals surface area (Å²) in [5.41, 5.74) is 0.464. The number of nitrogens with zero attached hydrogens (tertiary/aromatic N) is 3. The lowest BCUT2D eigenvalue weighted by Crippen LogP contribution is -2.51. The Morgan fingerprint density at radius 3 is 2.32 bits per heavy atom. The molecule has 0 aliphatic heterocycles. The molecule has 37 heavy (non-hydrogen) atoms. The van der Waals surface area contributed by atoms with Gasteiger partial charge < -0.3 is 10.2 Å². The molecular weight excluding hydrogens is 543 g/mol. The van der Waals surface area contributed by atoms with Crippen molar-refractivity contribution in [1.82, 2.24) is 10.2 Å². The first kappa shape index (κ1) is 30.3. The quantitative estimate of drug-likeness (QED) is 0.229. The summed E-state index contributed by atoms with van der Waals surface area (Å²) >= 11 is 12.6. The van der Waals surface area contributed by atoms with Gasteiger partial charge in [-0.3, -0.25) is 24.0 Å². The second-order valence-electron chi connectivity index (χ2n) is 8.54. The van der Waals surface area contributed by atoms with Gasteiger partial charge in [0.2, 0.25) is 21.8 Å². The number of hydrogen-bond acceptors (Lipinski definition) is 6. The molecular formula is C24H30Cl2N4O6S. The normalized spacial score (nSPS) is 12.1. The van der Waals surface area contributed by atoms with Crippen LogP contribution in [-0.2, 0) is 26.2 Å². The van der Waals surface area contributed by atoms with Gasteiger partial charge in [0.25, 0.3) is 5.69 Å². The third-order valence-corrected chi connectivity index (χ3v) is 7.57. The van der Waals surface area contributed by atoms with E-state index in [0.717, 1.165) is 29.5 Å². The monoisotopic (exact) mass is 572 g/mol. The molecule has 0 radical (unpaired) electrons. The van der Waals surface area contributed by atoms with Crippen LogP contribution in [0.15, 0.2) is 36.4 Å². The summed E-state index contributed by atoms with van der Waals surface area (Å²) in [5.74, 6) is -1.15. The Balaban J connectivity index is 2.50. The molecule has 1 N–H and O–H groups in total. The number of anilines is 1. The highest BCUT2D eigenvalue weighted by Crippen LogP contribution is 2.29. The third kappa shape index (κ3) is 8.05. The fraction of sp³-hybridized carbons (Fsp3) is 0.417. The van der Waals surface area contributed by atoms with Crippen molar-refractivity contribution in [1.29, 1.82) is 0 Å². The molecule has 10 nitrogen and oxygen atoms in total.